The summed E-state index contributed by atoms with van der Waals surface area (Å²) < 4.78 is 0. The quantitative estimate of drug-likeness (QED) is 0.852. The molecule has 0 aliphatic carbocycles. The van der Waals surface area contributed by atoms with Gasteiger partial charge in [-0.05, 0) is 37.6 Å². The van der Waals surface area contributed by atoms with Crippen LogP contribution in [0.1, 0.15) is 30.1 Å². The molecule has 0 radical (unpaired) electrons. The number of likely N-dealkylation sites (tertiary alicyclic amines) is 1. The summed E-state index contributed by atoms with van der Waals surface area (Å²) in [6.45, 7) is 2.06. The van der Waals surface area contributed by atoms with Crippen LogP contribution in [0, 0.1) is 0 Å². The number of carbonyl (C=O) groups excluding carboxylic acids is 1. The van der Waals surface area contributed by atoms with E-state index < -0.39 is 0 Å². The number of nitrogens with zero attached hydrogens (tertiary/aromatic N) is 3. The summed E-state index contributed by atoms with van der Waals surface area (Å²) in [5.41, 5.74) is 2.23. The highest BCUT2D eigenvalue weighted by molar-refractivity contribution is 5.79. The molecule has 1 aliphatic rings. The first-order valence-electron chi connectivity index (χ1n) is 8.17. The first-order chi connectivity index (χ1) is 11.2. The Morgan fingerprint density at radius 2 is 2.00 bits per heavy atom. The maximum Gasteiger partial charge on any atom is 0.237 e. The minimum absolute atomic E-state index is 0.133. The minimum atomic E-state index is 0.133. The van der Waals surface area contributed by atoms with Gasteiger partial charge in [0.1, 0.15) is 0 Å². The van der Waals surface area contributed by atoms with Crippen molar-refractivity contribution in [1.82, 2.24) is 14.8 Å². The van der Waals surface area contributed by atoms with E-state index in [1.165, 1.54) is 5.56 Å². The molecule has 1 amide bonds. The summed E-state index contributed by atoms with van der Waals surface area (Å²) in [6, 6.07) is 16.3. The Bertz CT molecular complexity index is 630. The fourth-order valence-corrected chi connectivity index (χ4v) is 3.22. The summed E-state index contributed by atoms with van der Waals surface area (Å²) in [5.74, 6) is 0.191. The summed E-state index contributed by atoms with van der Waals surface area (Å²) >= 11 is 0. The predicted molar refractivity (Wildman–Crippen MR) is 90.7 cm³/mol. The van der Waals surface area contributed by atoms with Crippen molar-refractivity contribution in [2.75, 3.05) is 20.1 Å². The van der Waals surface area contributed by atoms with Gasteiger partial charge < -0.3 is 4.90 Å². The Morgan fingerprint density at radius 3 is 2.74 bits per heavy atom. The number of pyridine rings is 1. The monoisotopic (exact) mass is 309 g/mol. The minimum Gasteiger partial charge on any atom is -0.333 e. The largest absolute Gasteiger partial charge is 0.333 e. The third-order valence-electron chi connectivity index (χ3n) is 4.30. The Balaban J connectivity index is 1.61. The Hall–Kier alpha value is -2.20. The van der Waals surface area contributed by atoms with E-state index in [0.29, 0.717) is 6.54 Å². The molecule has 1 aliphatic heterocycles. The van der Waals surface area contributed by atoms with Crippen LogP contribution in [0.2, 0.25) is 0 Å². The third kappa shape index (κ3) is 3.96. The third-order valence-corrected chi connectivity index (χ3v) is 4.30. The normalized spacial score (nSPS) is 17.7. The number of amides is 1. The van der Waals surface area contributed by atoms with Gasteiger partial charge in [0.15, 0.2) is 0 Å². The van der Waals surface area contributed by atoms with Gasteiger partial charge in [-0.15, -0.1) is 0 Å². The van der Waals surface area contributed by atoms with Gasteiger partial charge >= 0.3 is 0 Å². The van der Waals surface area contributed by atoms with Crippen molar-refractivity contribution in [3.8, 4) is 0 Å². The van der Waals surface area contributed by atoms with Crippen molar-refractivity contribution >= 4 is 5.91 Å². The number of likely N-dealkylation sites (N-methyl/N-ethyl adjacent to an activating group) is 1. The zero-order valence-electron chi connectivity index (χ0n) is 13.6. The topological polar surface area (TPSA) is 36.4 Å². The number of benzene rings is 1. The fraction of sp³-hybridized carbons (Fsp3) is 0.368. The Labute approximate surface area is 137 Å². The van der Waals surface area contributed by atoms with Crippen LogP contribution in [0.25, 0.3) is 0 Å². The fourth-order valence-electron chi connectivity index (χ4n) is 3.22. The molecule has 0 bridgehead atoms. The van der Waals surface area contributed by atoms with Gasteiger partial charge in [-0.2, -0.15) is 0 Å². The molecular formula is C19H23N3O. The molecule has 120 valence electrons. The molecule has 0 unspecified atom stereocenters. The van der Waals surface area contributed by atoms with E-state index in [2.05, 4.69) is 22.0 Å². The zero-order chi connectivity index (χ0) is 16.1. The number of hydrogen-bond donors (Lipinski definition) is 0. The molecule has 1 saturated heterocycles. The molecule has 1 aromatic heterocycles. The number of aromatic nitrogens is 1. The molecule has 4 heteroatoms. The van der Waals surface area contributed by atoms with Crippen molar-refractivity contribution in [2.45, 2.75) is 25.4 Å². The lowest BCUT2D eigenvalue weighted by atomic mass is 10.1. The molecule has 2 heterocycles. The lowest BCUT2D eigenvalue weighted by molar-refractivity contribution is -0.133. The van der Waals surface area contributed by atoms with Crippen LogP contribution >= 0.6 is 0 Å². The lowest BCUT2D eigenvalue weighted by Crippen LogP contribution is -2.38. The summed E-state index contributed by atoms with van der Waals surface area (Å²) in [6.07, 6.45) is 3.86. The molecule has 3 rings (SSSR count). The van der Waals surface area contributed by atoms with Gasteiger partial charge in [0.25, 0.3) is 0 Å². The highest BCUT2D eigenvalue weighted by atomic mass is 16.2. The van der Waals surface area contributed by atoms with Crippen LogP contribution in [0.4, 0.5) is 0 Å². The van der Waals surface area contributed by atoms with Gasteiger partial charge in [-0.1, -0.05) is 36.4 Å². The van der Waals surface area contributed by atoms with Crippen molar-refractivity contribution in [2.24, 2.45) is 0 Å². The van der Waals surface area contributed by atoms with Gasteiger partial charge in [0, 0.05) is 19.3 Å². The van der Waals surface area contributed by atoms with E-state index in [9.17, 15) is 4.79 Å². The van der Waals surface area contributed by atoms with Crippen molar-refractivity contribution in [3.63, 3.8) is 0 Å². The van der Waals surface area contributed by atoms with Gasteiger partial charge in [-0.25, -0.2) is 0 Å². The second-order valence-corrected chi connectivity index (χ2v) is 6.16. The standard InChI is InChI=1S/C19H23N3O/c1-21(14-16-8-3-2-4-9-16)15-19(23)22-13-7-11-18(22)17-10-5-6-12-20-17/h2-6,8-10,12,18H,7,11,13-15H2,1H3/t18-/m1/s1. The summed E-state index contributed by atoms with van der Waals surface area (Å²) in [7, 11) is 2.00. The molecule has 0 saturated carbocycles. The van der Waals surface area contributed by atoms with E-state index in [1.54, 1.807) is 6.20 Å². The molecule has 4 nitrogen and oxygen atoms in total. The van der Waals surface area contributed by atoms with Gasteiger partial charge in [0.05, 0.1) is 18.3 Å². The van der Waals surface area contributed by atoms with E-state index in [0.717, 1.165) is 31.6 Å². The van der Waals surface area contributed by atoms with Crippen LogP contribution in [-0.2, 0) is 11.3 Å². The first-order valence-corrected chi connectivity index (χ1v) is 8.17. The highest BCUT2D eigenvalue weighted by Gasteiger charge is 2.30. The molecule has 2 aromatic rings. The van der Waals surface area contributed by atoms with Crippen LogP contribution in [0.5, 0.6) is 0 Å². The number of hydrogen-bond acceptors (Lipinski definition) is 3. The summed E-state index contributed by atoms with van der Waals surface area (Å²) in [4.78, 5) is 21.2. The van der Waals surface area contributed by atoms with Gasteiger partial charge in [-0.3, -0.25) is 14.7 Å². The number of rotatable bonds is 5. The maximum atomic E-state index is 12.7. The van der Waals surface area contributed by atoms with Crippen molar-refractivity contribution in [3.05, 3.63) is 66.0 Å². The molecule has 1 aromatic carbocycles. The highest BCUT2D eigenvalue weighted by Crippen LogP contribution is 2.30. The first kappa shape index (κ1) is 15.7. The molecule has 23 heavy (non-hydrogen) atoms. The van der Waals surface area contributed by atoms with Crippen molar-refractivity contribution < 1.29 is 4.79 Å². The second-order valence-electron chi connectivity index (χ2n) is 6.16. The number of carbonyl (C=O) groups is 1. The second kappa shape index (κ2) is 7.38. The van der Waals surface area contributed by atoms with Crippen LogP contribution in [0.15, 0.2) is 54.7 Å². The average Bonchev–Trinajstić information content (AvgIpc) is 3.06. The Morgan fingerprint density at radius 1 is 1.22 bits per heavy atom. The molecule has 0 spiro atoms. The summed E-state index contributed by atoms with van der Waals surface area (Å²) in [5, 5.41) is 0. The predicted octanol–water partition coefficient (Wildman–Crippen LogP) is 2.88. The van der Waals surface area contributed by atoms with Crippen molar-refractivity contribution in [1.29, 1.82) is 0 Å². The molecule has 0 N–H and O–H groups in total. The van der Waals surface area contributed by atoms with Crippen LogP contribution in [0.3, 0.4) is 0 Å². The van der Waals surface area contributed by atoms with Crippen LogP contribution in [-0.4, -0.2) is 40.8 Å². The molecule has 1 atom stereocenters. The Kier molecular flexibility index (Phi) is 5.03. The maximum absolute atomic E-state index is 12.7. The molecular weight excluding hydrogens is 286 g/mol. The zero-order valence-corrected chi connectivity index (χ0v) is 13.6. The van der Waals surface area contributed by atoms with E-state index >= 15 is 0 Å². The molecule has 1 fully saturated rings. The lowest BCUT2D eigenvalue weighted by Gasteiger charge is -2.26. The van der Waals surface area contributed by atoms with E-state index in [1.807, 2.05) is 48.3 Å². The SMILES string of the molecule is CN(CC(=O)N1CCC[C@@H]1c1ccccn1)Cc1ccccc1. The van der Waals surface area contributed by atoms with E-state index in [4.69, 9.17) is 0 Å². The van der Waals surface area contributed by atoms with Gasteiger partial charge in [0.2, 0.25) is 5.91 Å². The van der Waals surface area contributed by atoms with E-state index in [-0.39, 0.29) is 11.9 Å². The average molecular weight is 309 g/mol. The smallest absolute Gasteiger partial charge is 0.237 e. The van der Waals surface area contributed by atoms with Crippen LogP contribution < -0.4 is 0 Å².